The molecule has 0 saturated heterocycles. The van der Waals surface area contributed by atoms with Crippen LogP contribution in [0.2, 0.25) is 0 Å². The van der Waals surface area contributed by atoms with Crippen molar-refractivity contribution in [3.05, 3.63) is 51.9 Å². The molecule has 1 aromatic heterocycles. The smallest absolute Gasteiger partial charge is 0.145 e. The monoisotopic (exact) mass is 305 g/mol. The first-order valence-corrected chi connectivity index (χ1v) is 6.68. The van der Waals surface area contributed by atoms with E-state index in [-0.39, 0.29) is 6.04 Å². The Labute approximate surface area is 116 Å². The highest BCUT2D eigenvalue weighted by atomic mass is 79.9. The van der Waals surface area contributed by atoms with Crippen molar-refractivity contribution >= 4 is 21.7 Å². The molecule has 0 radical (unpaired) electrons. The number of aryl methyl sites for hydroxylation is 2. The van der Waals surface area contributed by atoms with Crippen LogP contribution in [0.3, 0.4) is 0 Å². The largest absolute Gasteiger partial charge is 0.362 e. The van der Waals surface area contributed by atoms with Crippen LogP contribution in [0, 0.1) is 13.8 Å². The molecule has 0 aliphatic carbocycles. The van der Waals surface area contributed by atoms with Gasteiger partial charge >= 0.3 is 0 Å². The lowest BCUT2D eigenvalue weighted by molar-refractivity contribution is 0.864. The quantitative estimate of drug-likeness (QED) is 0.930. The van der Waals surface area contributed by atoms with Crippen LogP contribution in [0.5, 0.6) is 0 Å². The van der Waals surface area contributed by atoms with Crippen LogP contribution in [0.1, 0.15) is 29.9 Å². The minimum Gasteiger partial charge on any atom is -0.362 e. The van der Waals surface area contributed by atoms with Crippen LogP contribution >= 0.6 is 15.9 Å². The highest BCUT2D eigenvalue weighted by Crippen LogP contribution is 2.21. The number of anilines is 1. The topological polar surface area (TPSA) is 37.8 Å². The third-order valence-corrected chi connectivity index (χ3v) is 3.40. The maximum Gasteiger partial charge on any atom is 0.145 e. The van der Waals surface area contributed by atoms with Gasteiger partial charge in [0.1, 0.15) is 5.82 Å². The lowest BCUT2D eigenvalue weighted by atomic mass is 10.1. The SMILES string of the molecule is Cc1ncc(NC(C)c2cccc(Br)c2)nc1C. The van der Waals surface area contributed by atoms with E-state index >= 15 is 0 Å². The molecule has 0 bridgehead atoms. The van der Waals surface area contributed by atoms with E-state index in [2.05, 4.69) is 50.3 Å². The maximum absolute atomic E-state index is 4.48. The van der Waals surface area contributed by atoms with Crippen molar-refractivity contribution in [3.8, 4) is 0 Å². The molecule has 18 heavy (non-hydrogen) atoms. The average Bonchev–Trinajstić information content (AvgIpc) is 2.34. The van der Waals surface area contributed by atoms with Crippen LogP contribution in [0.25, 0.3) is 0 Å². The molecule has 1 unspecified atom stereocenters. The summed E-state index contributed by atoms with van der Waals surface area (Å²) in [5.41, 5.74) is 3.14. The van der Waals surface area contributed by atoms with Crippen LogP contribution in [-0.4, -0.2) is 9.97 Å². The molecule has 0 saturated carbocycles. The summed E-state index contributed by atoms with van der Waals surface area (Å²) >= 11 is 3.48. The number of benzene rings is 1. The highest BCUT2D eigenvalue weighted by Gasteiger charge is 2.07. The van der Waals surface area contributed by atoms with Crippen molar-refractivity contribution in [1.82, 2.24) is 9.97 Å². The molecule has 1 N–H and O–H groups in total. The second-order valence-electron chi connectivity index (χ2n) is 4.35. The van der Waals surface area contributed by atoms with E-state index in [9.17, 15) is 0 Å². The zero-order valence-corrected chi connectivity index (χ0v) is 12.3. The zero-order valence-electron chi connectivity index (χ0n) is 10.7. The second kappa shape index (κ2) is 5.48. The molecule has 1 atom stereocenters. The van der Waals surface area contributed by atoms with E-state index in [0.29, 0.717) is 0 Å². The van der Waals surface area contributed by atoms with E-state index in [1.165, 1.54) is 5.56 Å². The Hall–Kier alpha value is -1.42. The molecule has 0 aliphatic rings. The lowest BCUT2D eigenvalue weighted by Gasteiger charge is -2.15. The summed E-state index contributed by atoms with van der Waals surface area (Å²) < 4.78 is 1.08. The van der Waals surface area contributed by atoms with Gasteiger partial charge in [0.2, 0.25) is 0 Å². The Morgan fingerprint density at radius 2 is 2.00 bits per heavy atom. The summed E-state index contributed by atoms with van der Waals surface area (Å²) in [5, 5.41) is 3.36. The molecule has 0 aliphatic heterocycles. The molecular weight excluding hydrogens is 290 g/mol. The minimum absolute atomic E-state index is 0.193. The van der Waals surface area contributed by atoms with Gasteiger partial charge in [-0.25, -0.2) is 4.98 Å². The standard InChI is InChI=1S/C14H16BrN3/c1-9-10(2)17-14(8-16-9)18-11(3)12-5-4-6-13(15)7-12/h4-8,11H,1-3H3,(H,17,18). The Morgan fingerprint density at radius 3 is 2.67 bits per heavy atom. The van der Waals surface area contributed by atoms with Gasteiger partial charge in [-0.05, 0) is 38.5 Å². The summed E-state index contributed by atoms with van der Waals surface area (Å²) in [7, 11) is 0. The Morgan fingerprint density at radius 1 is 1.22 bits per heavy atom. The Kier molecular flexibility index (Phi) is 3.97. The number of hydrogen-bond acceptors (Lipinski definition) is 3. The van der Waals surface area contributed by atoms with Crippen molar-refractivity contribution in [1.29, 1.82) is 0 Å². The van der Waals surface area contributed by atoms with E-state index in [0.717, 1.165) is 21.7 Å². The minimum atomic E-state index is 0.193. The first kappa shape index (κ1) is 13.0. The summed E-state index contributed by atoms with van der Waals surface area (Å²) in [6.45, 7) is 6.04. The molecule has 0 spiro atoms. The van der Waals surface area contributed by atoms with Crippen molar-refractivity contribution < 1.29 is 0 Å². The second-order valence-corrected chi connectivity index (χ2v) is 5.26. The lowest BCUT2D eigenvalue weighted by Crippen LogP contribution is -2.09. The van der Waals surface area contributed by atoms with Crippen molar-refractivity contribution in [3.63, 3.8) is 0 Å². The summed E-state index contributed by atoms with van der Waals surface area (Å²) in [6.07, 6.45) is 1.77. The molecule has 1 aromatic carbocycles. The summed E-state index contributed by atoms with van der Waals surface area (Å²) in [6, 6.07) is 8.44. The van der Waals surface area contributed by atoms with E-state index in [1.54, 1.807) is 6.20 Å². The van der Waals surface area contributed by atoms with Crippen molar-refractivity contribution in [2.75, 3.05) is 5.32 Å². The molecular formula is C14H16BrN3. The predicted molar refractivity (Wildman–Crippen MR) is 77.7 cm³/mol. The molecule has 4 heteroatoms. The van der Waals surface area contributed by atoms with Crippen LogP contribution in [0.4, 0.5) is 5.82 Å². The first-order chi connectivity index (χ1) is 8.56. The van der Waals surface area contributed by atoms with Gasteiger partial charge in [-0.1, -0.05) is 28.1 Å². The van der Waals surface area contributed by atoms with Crippen LogP contribution in [-0.2, 0) is 0 Å². The van der Waals surface area contributed by atoms with Crippen LogP contribution in [0.15, 0.2) is 34.9 Å². The average molecular weight is 306 g/mol. The molecule has 94 valence electrons. The Balaban J connectivity index is 2.16. The van der Waals surface area contributed by atoms with Gasteiger partial charge in [0, 0.05) is 4.47 Å². The van der Waals surface area contributed by atoms with E-state index in [1.807, 2.05) is 26.0 Å². The van der Waals surface area contributed by atoms with Gasteiger partial charge in [-0.15, -0.1) is 0 Å². The fourth-order valence-electron chi connectivity index (χ4n) is 1.69. The molecule has 2 aromatic rings. The maximum atomic E-state index is 4.48. The number of nitrogens with zero attached hydrogens (tertiary/aromatic N) is 2. The van der Waals surface area contributed by atoms with Gasteiger partial charge in [0.05, 0.1) is 23.6 Å². The number of aromatic nitrogens is 2. The fraction of sp³-hybridized carbons (Fsp3) is 0.286. The zero-order chi connectivity index (χ0) is 13.1. The molecule has 2 rings (SSSR count). The van der Waals surface area contributed by atoms with Gasteiger partial charge in [-0.3, -0.25) is 4.98 Å². The fourth-order valence-corrected chi connectivity index (χ4v) is 2.11. The Bertz CT molecular complexity index is 554. The predicted octanol–water partition coefficient (Wildman–Crippen LogP) is 4.03. The van der Waals surface area contributed by atoms with Gasteiger partial charge in [-0.2, -0.15) is 0 Å². The molecule has 3 nitrogen and oxygen atoms in total. The normalized spacial score (nSPS) is 12.2. The van der Waals surface area contributed by atoms with Gasteiger partial charge in [0.15, 0.2) is 0 Å². The number of rotatable bonds is 3. The van der Waals surface area contributed by atoms with Gasteiger partial charge in [0.25, 0.3) is 0 Å². The highest BCUT2D eigenvalue weighted by molar-refractivity contribution is 9.10. The van der Waals surface area contributed by atoms with Crippen molar-refractivity contribution in [2.45, 2.75) is 26.8 Å². The number of nitrogens with one attached hydrogen (secondary N) is 1. The summed E-state index contributed by atoms with van der Waals surface area (Å²) in [5.74, 6) is 0.811. The first-order valence-electron chi connectivity index (χ1n) is 5.88. The number of halogens is 1. The van der Waals surface area contributed by atoms with Crippen LogP contribution < -0.4 is 5.32 Å². The van der Waals surface area contributed by atoms with Crippen molar-refractivity contribution in [2.24, 2.45) is 0 Å². The summed E-state index contributed by atoms with van der Waals surface area (Å²) in [4.78, 5) is 8.78. The van der Waals surface area contributed by atoms with E-state index in [4.69, 9.17) is 0 Å². The van der Waals surface area contributed by atoms with E-state index < -0.39 is 0 Å². The van der Waals surface area contributed by atoms with Gasteiger partial charge < -0.3 is 5.32 Å². The molecule has 0 amide bonds. The molecule has 1 heterocycles. The number of hydrogen-bond donors (Lipinski definition) is 1. The molecule has 0 fully saturated rings. The third-order valence-electron chi connectivity index (χ3n) is 2.91. The third kappa shape index (κ3) is 3.07.